The first-order valence-electron chi connectivity index (χ1n) is 21.1. The first kappa shape index (κ1) is 35.9. The van der Waals surface area contributed by atoms with Gasteiger partial charge < -0.3 is 4.90 Å². The third kappa shape index (κ3) is 5.19. The Balaban J connectivity index is 1.18. The summed E-state index contributed by atoms with van der Waals surface area (Å²) in [5, 5.41) is 0. The van der Waals surface area contributed by atoms with Crippen LogP contribution in [0.2, 0.25) is 0 Å². The van der Waals surface area contributed by atoms with Gasteiger partial charge in [-0.15, -0.1) is 0 Å². The number of rotatable bonds is 8. The molecule has 1 nitrogen and oxygen atoms in total. The van der Waals surface area contributed by atoms with Crippen molar-refractivity contribution >= 4 is 22.6 Å². The molecule has 0 heterocycles. The highest BCUT2D eigenvalue weighted by molar-refractivity contribution is 6.03. The summed E-state index contributed by atoms with van der Waals surface area (Å²) in [7, 11) is 0. The lowest BCUT2D eigenvalue weighted by Gasteiger charge is -2.33. The van der Waals surface area contributed by atoms with Gasteiger partial charge in [0, 0.05) is 22.2 Å². The van der Waals surface area contributed by atoms with Crippen LogP contribution in [0.3, 0.4) is 0 Å². The molecule has 0 saturated carbocycles. The van der Waals surface area contributed by atoms with Gasteiger partial charge in [0.25, 0.3) is 0 Å². The van der Waals surface area contributed by atoms with Gasteiger partial charge in [-0.3, -0.25) is 0 Å². The van der Waals surface area contributed by atoms with Crippen LogP contribution in [0.4, 0.5) is 17.1 Å². The number of para-hydroxylation sites is 1. The van der Waals surface area contributed by atoms with E-state index in [1.54, 1.807) is 0 Å². The summed E-state index contributed by atoms with van der Waals surface area (Å²) in [4.78, 5) is 2.54. The second-order valence-electron chi connectivity index (χ2n) is 16.8. The summed E-state index contributed by atoms with van der Waals surface area (Å²) in [6.07, 6.45) is 7.65. The fraction of sp³-hybridized carbons (Fsp3) is 0.0847. The second kappa shape index (κ2) is 14.0. The van der Waals surface area contributed by atoms with Crippen molar-refractivity contribution in [3.63, 3.8) is 0 Å². The third-order valence-electron chi connectivity index (χ3n) is 13.3. The molecule has 0 aromatic heterocycles. The maximum absolute atomic E-state index is 4.57. The molecular weight excluding hydrogens is 723 g/mol. The Morgan fingerprint density at radius 2 is 1.05 bits per heavy atom. The lowest BCUT2D eigenvalue weighted by molar-refractivity contribution is 0.660. The zero-order chi connectivity index (χ0) is 40.4. The Morgan fingerprint density at radius 3 is 1.80 bits per heavy atom. The van der Waals surface area contributed by atoms with E-state index in [2.05, 4.69) is 238 Å². The first-order chi connectivity index (χ1) is 29.5. The van der Waals surface area contributed by atoms with Crippen molar-refractivity contribution in [2.75, 3.05) is 4.90 Å². The average molecular weight is 768 g/mol. The van der Waals surface area contributed by atoms with Crippen LogP contribution < -0.4 is 4.90 Å². The number of nitrogens with zero attached hydrogens (tertiary/aromatic N) is 1. The zero-order valence-corrected chi connectivity index (χ0v) is 34.1. The first-order valence-corrected chi connectivity index (χ1v) is 21.1. The molecule has 0 aliphatic heterocycles. The molecule has 0 amide bonds. The van der Waals surface area contributed by atoms with Gasteiger partial charge in [0.2, 0.25) is 0 Å². The molecule has 60 heavy (non-hydrogen) atoms. The highest BCUT2D eigenvalue weighted by Gasteiger charge is 2.52. The van der Waals surface area contributed by atoms with E-state index >= 15 is 0 Å². The summed E-state index contributed by atoms with van der Waals surface area (Å²) in [5.41, 5.74) is 21.9. The van der Waals surface area contributed by atoms with Crippen LogP contribution >= 0.6 is 0 Å². The number of allylic oxidation sites excluding steroid dienone is 5. The molecular formula is C59H45N. The second-order valence-corrected chi connectivity index (χ2v) is 16.8. The molecule has 3 aliphatic carbocycles. The van der Waals surface area contributed by atoms with E-state index in [4.69, 9.17) is 0 Å². The number of hydrogen-bond donors (Lipinski definition) is 0. The van der Waals surface area contributed by atoms with Crippen LogP contribution in [-0.4, -0.2) is 0 Å². The minimum atomic E-state index is -0.543. The maximum atomic E-state index is 4.57. The highest BCUT2D eigenvalue weighted by Crippen LogP contribution is 2.64. The quantitative estimate of drug-likeness (QED) is 0.149. The van der Waals surface area contributed by atoms with Gasteiger partial charge in [-0.25, -0.2) is 0 Å². The number of hydrogen-bond acceptors (Lipinski definition) is 1. The molecule has 3 aliphatic rings. The number of fused-ring (bicyclic) bond motifs is 10. The van der Waals surface area contributed by atoms with Gasteiger partial charge in [0.15, 0.2) is 0 Å². The standard InChI is InChI=1S/C59H45N/c1-4-49-44(30-19-23-40-21-7-5-8-22-40)46-28-12-16-32-51(46)59(49)52-33-17-13-29-48(52)57-53(59)34-20-36-56(57)60(55-35-18-14-26-43(55)41-24-9-6-10-25-41)42-37-38-47-45-27-11-15-31-50(45)58(2,3)54(47)39-42/h4-22,24-39H,1,23H2,2-3H3/b30-19-. The normalized spacial score (nSPS) is 16.4. The molecule has 0 radical (unpaired) electrons. The molecule has 1 heteroatoms. The van der Waals surface area contributed by atoms with Gasteiger partial charge in [-0.05, 0) is 103 Å². The molecule has 0 saturated heterocycles. The van der Waals surface area contributed by atoms with E-state index in [0.29, 0.717) is 0 Å². The monoisotopic (exact) mass is 767 g/mol. The van der Waals surface area contributed by atoms with Crippen molar-refractivity contribution in [2.24, 2.45) is 0 Å². The Labute approximate surface area is 354 Å². The summed E-state index contributed by atoms with van der Waals surface area (Å²) < 4.78 is 0. The fourth-order valence-corrected chi connectivity index (χ4v) is 10.8. The fourth-order valence-electron chi connectivity index (χ4n) is 10.8. The van der Waals surface area contributed by atoms with Crippen molar-refractivity contribution in [3.05, 3.63) is 263 Å². The molecule has 8 aromatic carbocycles. The lowest BCUT2D eigenvalue weighted by Crippen LogP contribution is -2.26. The van der Waals surface area contributed by atoms with Crippen molar-refractivity contribution in [2.45, 2.75) is 31.1 Å². The van der Waals surface area contributed by atoms with Crippen molar-refractivity contribution in [3.8, 4) is 33.4 Å². The Bertz CT molecular complexity index is 3050. The van der Waals surface area contributed by atoms with E-state index in [0.717, 1.165) is 23.5 Å². The summed E-state index contributed by atoms with van der Waals surface area (Å²) in [5.74, 6) is 0. The van der Waals surface area contributed by atoms with E-state index in [-0.39, 0.29) is 5.41 Å². The summed E-state index contributed by atoms with van der Waals surface area (Å²) in [6, 6.07) is 71.6. The Morgan fingerprint density at radius 1 is 0.483 bits per heavy atom. The smallest absolute Gasteiger partial charge is 0.0726 e. The van der Waals surface area contributed by atoms with Gasteiger partial charge >= 0.3 is 0 Å². The van der Waals surface area contributed by atoms with Crippen molar-refractivity contribution in [1.82, 2.24) is 0 Å². The molecule has 11 rings (SSSR count). The molecule has 0 N–H and O–H groups in total. The molecule has 1 unspecified atom stereocenters. The van der Waals surface area contributed by atoms with Crippen LogP contribution in [0.15, 0.2) is 225 Å². The van der Waals surface area contributed by atoms with Crippen molar-refractivity contribution < 1.29 is 0 Å². The van der Waals surface area contributed by atoms with Gasteiger partial charge in [-0.1, -0.05) is 209 Å². The number of anilines is 3. The average Bonchev–Trinajstić information content (AvgIpc) is 3.85. The topological polar surface area (TPSA) is 3.24 Å². The molecule has 0 bridgehead atoms. The predicted octanol–water partition coefficient (Wildman–Crippen LogP) is 15.2. The van der Waals surface area contributed by atoms with Crippen LogP contribution in [0, 0.1) is 0 Å². The van der Waals surface area contributed by atoms with Crippen LogP contribution in [0.25, 0.3) is 39.0 Å². The minimum absolute atomic E-state index is 0.149. The maximum Gasteiger partial charge on any atom is 0.0726 e. The van der Waals surface area contributed by atoms with E-state index in [1.807, 2.05) is 0 Å². The highest BCUT2D eigenvalue weighted by atomic mass is 15.1. The molecule has 8 aromatic rings. The molecule has 286 valence electrons. The minimum Gasteiger partial charge on any atom is -0.309 e. The molecule has 0 fully saturated rings. The van der Waals surface area contributed by atoms with E-state index in [9.17, 15) is 0 Å². The molecule has 1 atom stereocenters. The van der Waals surface area contributed by atoms with Crippen molar-refractivity contribution in [1.29, 1.82) is 0 Å². The van der Waals surface area contributed by atoms with E-state index in [1.165, 1.54) is 83.5 Å². The van der Waals surface area contributed by atoms with Gasteiger partial charge in [0.1, 0.15) is 0 Å². The van der Waals surface area contributed by atoms with Crippen LogP contribution in [-0.2, 0) is 17.3 Å². The lowest BCUT2D eigenvalue weighted by atomic mass is 9.69. The summed E-state index contributed by atoms with van der Waals surface area (Å²) in [6.45, 7) is 9.31. The van der Waals surface area contributed by atoms with Gasteiger partial charge in [-0.2, -0.15) is 0 Å². The van der Waals surface area contributed by atoms with Gasteiger partial charge in [0.05, 0.1) is 16.8 Å². The summed E-state index contributed by atoms with van der Waals surface area (Å²) >= 11 is 0. The number of benzene rings is 8. The third-order valence-corrected chi connectivity index (χ3v) is 13.3. The SMILES string of the molecule is C=CC1=C(/C=C\Cc2ccccc2)c2ccccc2C12c1ccccc1-c1c(N(c3ccc4c(c3)C(C)(C)c3ccccc3-4)c3ccccc3-c3ccccc3)cccc12. The van der Waals surface area contributed by atoms with Crippen LogP contribution in [0.1, 0.15) is 52.8 Å². The van der Waals surface area contributed by atoms with E-state index < -0.39 is 5.41 Å². The Kier molecular flexibility index (Phi) is 8.36. The molecule has 1 spiro atoms. The zero-order valence-electron chi connectivity index (χ0n) is 34.1. The largest absolute Gasteiger partial charge is 0.309 e. The Hall–Kier alpha value is -7.22. The predicted molar refractivity (Wildman–Crippen MR) is 252 cm³/mol. The van der Waals surface area contributed by atoms with Crippen LogP contribution in [0.5, 0.6) is 0 Å².